The Kier molecular flexibility index (Phi) is 3.56. The third-order valence-electron chi connectivity index (χ3n) is 3.72. The van der Waals surface area contributed by atoms with E-state index < -0.39 is 0 Å². The van der Waals surface area contributed by atoms with Crippen molar-refractivity contribution in [3.63, 3.8) is 0 Å². The average Bonchev–Trinajstić information content (AvgIpc) is 2.57. The number of aryl methyl sites for hydroxylation is 3. The average molecular weight is 256 g/mol. The zero-order chi connectivity index (χ0) is 14.2. The molecule has 3 nitrogen and oxygen atoms in total. The number of nitrogens with zero attached hydrogens (tertiary/aromatic N) is 2. The normalized spacial score (nSPS) is 10.8. The predicted octanol–water partition coefficient (Wildman–Crippen LogP) is 3.31. The fourth-order valence-electron chi connectivity index (χ4n) is 2.29. The molecule has 2 rings (SSSR count). The number of hydrogen-bond acceptors (Lipinski definition) is 2. The van der Waals surface area contributed by atoms with Gasteiger partial charge in [0.2, 0.25) is 0 Å². The third-order valence-corrected chi connectivity index (χ3v) is 3.72. The maximum atomic E-state index is 12.4. The summed E-state index contributed by atoms with van der Waals surface area (Å²) in [6, 6.07) is 5.93. The summed E-state index contributed by atoms with van der Waals surface area (Å²) in [5.41, 5.74) is 6.21. The van der Waals surface area contributed by atoms with Crippen molar-refractivity contribution >= 4 is 5.78 Å². The van der Waals surface area contributed by atoms with E-state index in [1.807, 2.05) is 52.8 Å². The highest BCUT2D eigenvalue weighted by Crippen LogP contribution is 2.15. The zero-order valence-corrected chi connectivity index (χ0v) is 12.2. The third kappa shape index (κ3) is 2.60. The van der Waals surface area contributed by atoms with Gasteiger partial charge in [-0.05, 0) is 45.7 Å². The fourth-order valence-corrected chi connectivity index (χ4v) is 2.29. The Labute approximate surface area is 114 Å². The summed E-state index contributed by atoms with van der Waals surface area (Å²) in [7, 11) is 0. The van der Waals surface area contributed by atoms with Crippen LogP contribution in [0.2, 0.25) is 0 Å². The van der Waals surface area contributed by atoms with Crippen molar-refractivity contribution in [3.05, 3.63) is 51.8 Å². The molecule has 19 heavy (non-hydrogen) atoms. The molecule has 0 aliphatic carbocycles. The molecule has 2 aromatic rings. The molecule has 0 bridgehead atoms. The van der Waals surface area contributed by atoms with Crippen LogP contribution in [-0.2, 0) is 6.54 Å². The topological polar surface area (TPSA) is 34.9 Å². The summed E-state index contributed by atoms with van der Waals surface area (Å²) >= 11 is 0. The fraction of sp³-hybridized carbons (Fsp3) is 0.375. The van der Waals surface area contributed by atoms with E-state index in [2.05, 4.69) is 5.10 Å². The molecule has 3 heteroatoms. The molecular formula is C16H20N2O. The van der Waals surface area contributed by atoms with Gasteiger partial charge in [0.1, 0.15) is 6.54 Å². The van der Waals surface area contributed by atoms with E-state index in [-0.39, 0.29) is 5.78 Å². The van der Waals surface area contributed by atoms with Gasteiger partial charge < -0.3 is 0 Å². The molecule has 0 unspecified atom stereocenters. The van der Waals surface area contributed by atoms with Crippen LogP contribution in [0.4, 0.5) is 0 Å². The standard InChI is InChI=1S/C16H20N2O/c1-10-6-7-15(11(2)8-10)16(19)9-18-14(5)12(3)13(4)17-18/h6-8H,9H2,1-5H3. The summed E-state index contributed by atoms with van der Waals surface area (Å²) in [6.07, 6.45) is 0. The minimum absolute atomic E-state index is 0.114. The van der Waals surface area contributed by atoms with Crippen molar-refractivity contribution in [2.45, 2.75) is 41.2 Å². The predicted molar refractivity (Wildman–Crippen MR) is 76.7 cm³/mol. The van der Waals surface area contributed by atoms with Crippen LogP contribution in [0.1, 0.15) is 38.4 Å². The van der Waals surface area contributed by atoms with Crippen LogP contribution in [0, 0.1) is 34.6 Å². The van der Waals surface area contributed by atoms with Gasteiger partial charge in [0, 0.05) is 11.3 Å². The van der Waals surface area contributed by atoms with Crippen molar-refractivity contribution in [1.82, 2.24) is 9.78 Å². The quantitative estimate of drug-likeness (QED) is 0.790. The second kappa shape index (κ2) is 5.00. The van der Waals surface area contributed by atoms with Gasteiger partial charge in [0.05, 0.1) is 5.69 Å². The highest BCUT2D eigenvalue weighted by atomic mass is 16.1. The van der Waals surface area contributed by atoms with Gasteiger partial charge in [-0.25, -0.2) is 0 Å². The van der Waals surface area contributed by atoms with E-state index >= 15 is 0 Å². The minimum Gasteiger partial charge on any atom is -0.292 e. The van der Waals surface area contributed by atoms with Gasteiger partial charge in [0.15, 0.2) is 5.78 Å². The van der Waals surface area contributed by atoms with E-state index in [0.29, 0.717) is 6.54 Å². The number of hydrogen-bond donors (Lipinski definition) is 0. The molecule has 1 aromatic heterocycles. The molecule has 0 N–H and O–H groups in total. The number of carbonyl (C=O) groups is 1. The van der Waals surface area contributed by atoms with Gasteiger partial charge in [-0.2, -0.15) is 5.10 Å². The van der Waals surface area contributed by atoms with Gasteiger partial charge in [0.25, 0.3) is 0 Å². The Bertz CT molecular complexity index is 638. The number of rotatable bonds is 3. The van der Waals surface area contributed by atoms with Gasteiger partial charge >= 0.3 is 0 Å². The van der Waals surface area contributed by atoms with E-state index in [1.165, 1.54) is 5.56 Å². The van der Waals surface area contributed by atoms with Crippen LogP contribution >= 0.6 is 0 Å². The molecule has 0 fully saturated rings. The lowest BCUT2D eigenvalue weighted by Crippen LogP contribution is -2.14. The molecule has 1 heterocycles. The molecule has 1 aromatic carbocycles. The van der Waals surface area contributed by atoms with Crippen molar-refractivity contribution in [2.24, 2.45) is 0 Å². The maximum absolute atomic E-state index is 12.4. The number of Topliss-reactive ketones (excluding diaryl/α,β-unsaturated/α-hetero) is 1. The van der Waals surface area contributed by atoms with Crippen molar-refractivity contribution in [3.8, 4) is 0 Å². The van der Waals surface area contributed by atoms with Crippen LogP contribution in [0.3, 0.4) is 0 Å². The number of ketones is 1. The Morgan fingerprint density at radius 2 is 1.84 bits per heavy atom. The van der Waals surface area contributed by atoms with E-state index in [1.54, 1.807) is 4.68 Å². The van der Waals surface area contributed by atoms with E-state index in [9.17, 15) is 4.79 Å². The molecular weight excluding hydrogens is 236 g/mol. The molecule has 0 aliphatic heterocycles. The second-order valence-corrected chi connectivity index (χ2v) is 5.20. The molecule has 100 valence electrons. The van der Waals surface area contributed by atoms with Crippen LogP contribution in [-0.4, -0.2) is 15.6 Å². The maximum Gasteiger partial charge on any atom is 0.184 e. The van der Waals surface area contributed by atoms with Gasteiger partial charge in [-0.15, -0.1) is 0 Å². The number of aromatic nitrogens is 2. The highest BCUT2D eigenvalue weighted by Gasteiger charge is 2.13. The molecule has 0 atom stereocenters. The summed E-state index contributed by atoms with van der Waals surface area (Å²) in [5.74, 6) is 0.114. The van der Waals surface area contributed by atoms with Gasteiger partial charge in [-0.1, -0.05) is 23.8 Å². The van der Waals surface area contributed by atoms with Crippen LogP contribution < -0.4 is 0 Å². The molecule has 0 amide bonds. The van der Waals surface area contributed by atoms with Gasteiger partial charge in [-0.3, -0.25) is 9.48 Å². The summed E-state index contributed by atoms with van der Waals surface area (Å²) < 4.78 is 1.80. The Morgan fingerprint density at radius 3 is 2.37 bits per heavy atom. The largest absolute Gasteiger partial charge is 0.292 e. The summed E-state index contributed by atoms with van der Waals surface area (Å²) in [6.45, 7) is 10.3. The Hall–Kier alpha value is -1.90. The Morgan fingerprint density at radius 1 is 1.16 bits per heavy atom. The van der Waals surface area contributed by atoms with Crippen LogP contribution in [0.5, 0.6) is 0 Å². The second-order valence-electron chi connectivity index (χ2n) is 5.20. The zero-order valence-electron chi connectivity index (χ0n) is 12.2. The number of benzene rings is 1. The first-order valence-electron chi connectivity index (χ1n) is 6.51. The molecule has 0 saturated heterocycles. The molecule has 0 spiro atoms. The van der Waals surface area contributed by atoms with E-state index in [0.717, 1.165) is 28.1 Å². The molecule has 0 radical (unpaired) electrons. The number of carbonyl (C=O) groups excluding carboxylic acids is 1. The summed E-state index contributed by atoms with van der Waals surface area (Å²) in [5, 5.41) is 4.42. The lowest BCUT2D eigenvalue weighted by Gasteiger charge is -2.07. The lowest BCUT2D eigenvalue weighted by atomic mass is 10.0. The molecule has 0 aliphatic rings. The highest BCUT2D eigenvalue weighted by molar-refractivity contribution is 5.97. The van der Waals surface area contributed by atoms with Crippen molar-refractivity contribution in [2.75, 3.05) is 0 Å². The lowest BCUT2D eigenvalue weighted by molar-refractivity contribution is 0.0966. The first kappa shape index (κ1) is 13.5. The van der Waals surface area contributed by atoms with Crippen molar-refractivity contribution < 1.29 is 4.79 Å². The first-order valence-corrected chi connectivity index (χ1v) is 6.51. The first-order chi connectivity index (χ1) is 8.90. The SMILES string of the molecule is Cc1ccc(C(=O)Cn2nc(C)c(C)c2C)c(C)c1. The van der Waals surface area contributed by atoms with E-state index in [4.69, 9.17) is 0 Å². The van der Waals surface area contributed by atoms with Crippen molar-refractivity contribution in [1.29, 1.82) is 0 Å². The smallest absolute Gasteiger partial charge is 0.184 e. The molecule has 0 saturated carbocycles. The van der Waals surface area contributed by atoms with Crippen LogP contribution in [0.15, 0.2) is 18.2 Å². The summed E-state index contributed by atoms with van der Waals surface area (Å²) in [4.78, 5) is 12.4. The monoisotopic (exact) mass is 256 g/mol. The van der Waals surface area contributed by atoms with Crippen LogP contribution in [0.25, 0.3) is 0 Å². The Balaban J connectivity index is 2.28. The minimum atomic E-state index is 0.114.